The van der Waals surface area contributed by atoms with Crippen molar-refractivity contribution in [3.8, 4) is 0 Å². The summed E-state index contributed by atoms with van der Waals surface area (Å²) in [7, 11) is 0. The highest BCUT2D eigenvalue weighted by atomic mass is 19.2. The van der Waals surface area contributed by atoms with Crippen LogP contribution in [0, 0.1) is 17.6 Å². The number of rotatable bonds is 4. The number of nitrogens with one attached hydrogen (secondary N) is 1. The lowest BCUT2D eigenvalue weighted by atomic mass is 9.87. The first-order valence-corrected chi connectivity index (χ1v) is 7.32. The number of benzene rings is 1. The van der Waals surface area contributed by atoms with Crippen LogP contribution in [0.25, 0.3) is 0 Å². The molecule has 1 aromatic carbocycles. The quantitative estimate of drug-likeness (QED) is 0.918. The fourth-order valence-electron chi connectivity index (χ4n) is 3.63. The molecule has 2 aliphatic heterocycles. The Balaban J connectivity index is 1.58. The molecule has 2 heterocycles. The molecule has 0 radical (unpaired) electrons. The fourth-order valence-corrected chi connectivity index (χ4v) is 3.63. The van der Waals surface area contributed by atoms with E-state index < -0.39 is 11.6 Å². The molecule has 2 nitrogen and oxygen atoms in total. The number of ketones is 1. The van der Waals surface area contributed by atoms with Gasteiger partial charge in [-0.2, -0.15) is 0 Å². The predicted octanol–water partition coefficient (Wildman–Crippen LogP) is 3.00. The van der Waals surface area contributed by atoms with E-state index in [2.05, 4.69) is 5.32 Å². The highest BCUT2D eigenvalue weighted by molar-refractivity contribution is 5.81. The molecule has 2 bridgehead atoms. The SMILES string of the molecule is O=C(Cc1cccc(F)c1F)CC1CC2CCC(C1)N2. The summed E-state index contributed by atoms with van der Waals surface area (Å²) in [6.07, 6.45) is 4.97. The summed E-state index contributed by atoms with van der Waals surface area (Å²) in [5.74, 6) is -1.35. The van der Waals surface area contributed by atoms with E-state index in [-0.39, 0.29) is 17.8 Å². The molecule has 0 aromatic heterocycles. The summed E-state index contributed by atoms with van der Waals surface area (Å²) in [5, 5.41) is 3.54. The van der Waals surface area contributed by atoms with Gasteiger partial charge in [0, 0.05) is 24.9 Å². The first kappa shape index (κ1) is 13.7. The van der Waals surface area contributed by atoms with Crippen LogP contribution < -0.4 is 5.32 Å². The smallest absolute Gasteiger partial charge is 0.162 e. The topological polar surface area (TPSA) is 29.1 Å². The molecule has 0 aliphatic carbocycles. The first-order chi connectivity index (χ1) is 9.61. The largest absolute Gasteiger partial charge is 0.311 e. The van der Waals surface area contributed by atoms with Gasteiger partial charge in [-0.25, -0.2) is 8.78 Å². The number of carbonyl (C=O) groups is 1. The van der Waals surface area contributed by atoms with E-state index >= 15 is 0 Å². The van der Waals surface area contributed by atoms with E-state index in [1.807, 2.05) is 0 Å². The minimum atomic E-state index is -0.883. The maximum atomic E-state index is 13.5. The van der Waals surface area contributed by atoms with Gasteiger partial charge >= 0.3 is 0 Å². The van der Waals surface area contributed by atoms with Crippen LogP contribution in [0.3, 0.4) is 0 Å². The van der Waals surface area contributed by atoms with Crippen LogP contribution in [0.15, 0.2) is 18.2 Å². The van der Waals surface area contributed by atoms with E-state index in [0.717, 1.165) is 18.9 Å². The third kappa shape index (κ3) is 2.90. The second-order valence-electron chi connectivity index (χ2n) is 6.11. The summed E-state index contributed by atoms with van der Waals surface area (Å²) >= 11 is 0. The van der Waals surface area contributed by atoms with Gasteiger partial charge in [0.15, 0.2) is 11.6 Å². The van der Waals surface area contributed by atoms with Crippen LogP contribution in [0.2, 0.25) is 0 Å². The molecule has 1 aromatic rings. The maximum Gasteiger partial charge on any atom is 0.162 e. The van der Waals surface area contributed by atoms with E-state index in [9.17, 15) is 13.6 Å². The van der Waals surface area contributed by atoms with E-state index in [1.165, 1.54) is 25.0 Å². The number of Topliss-reactive ketones (excluding diaryl/α,β-unsaturated/α-hetero) is 1. The van der Waals surface area contributed by atoms with Crippen LogP contribution in [0.5, 0.6) is 0 Å². The van der Waals surface area contributed by atoms with Gasteiger partial charge in [-0.1, -0.05) is 12.1 Å². The molecule has 2 fully saturated rings. The Morgan fingerprint density at radius 3 is 2.60 bits per heavy atom. The van der Waals surface area contributed by atoms with Crippen molar-refractivity contribution in [1.29, 1.82) is 0 Å². The number of fused-ring (bicyclic) bond motifs is 2. The molecule has 2 atom stereocenters. The van der Waals surface area contributed by atoms with Crippen LogP contribution >= 0.6 is 0 Å². The number of halogens is 2. The monoisotopic (exact) mass is 279 g/mol. The fraction of sp³-hybridized carbons (Fsp3) is 0.562. The molecule has 4 heteroatoms. The molecule has 108 valence electrons. The second kappa shape index (κ2) is 5.60. The maximum absolute atomic E-state index is 13.5. The summed E-state index contributed by atoms with van der Waals surface area (Å²) in [6, 6.07) is 5.12. The molecule has 2 saturated heterocycles. The average Bonchev–Trinajstić information content (AvgIpc) is 2.74. The summed E-state index contributed by atoms with van der Waals surface area (Å²) < 4.78 is 26.6. The van der Waals surface area contributed by atoms with Crippen LogP contribution in [-0.2, 0) is 11.2 Å². The van der Waals surface area contributed by atoms with E-state index in [0.29, 0.717) is 24.4 Å². The average molecular weight is 279 g/mol. The Morgan fingerprint density at radius 2 is 1.90 bits per heavy atom. The zero-order valence-electron chi connectivity index (χ0n) is 11.4. The van der Waals surface area contributed by atoms with Gasteiger partial charge in [-0.05, 0) is 43.2 Å². The zero-order chi connectivity index (χ0) is 14.1. The van der Waals surface area contributed by atoms with Crippen molar-refractivity contribution in [2.75, 3.05) is 0 Å². The minimum absolute atomic E-state index is 0.00283. The van der Waals surface area contributed by atoms with Gasteiger partial charge in [-0.3, -0.25) is 4.79 Å². The molecule has 2 aliphatic rings. The van der Waals surface area contributed by atoms with Gasteiger partial charge in [0.1, 0.15) is 5.78 Å². The van der Waals surface area contributed by atoms with Gasteiger partial charge < -0.3 is 5.32 Å². The van der Waals surface area contributed by atoms with Crippen molar-refractivity contribution in [3.05, 3.63) is 35.4 Å². The Hall–Kier alpha value is -1.29. The number of carbonyl (C=O) groups excluding carboxylic acids is 1. The minimum Gasteiger partial charge on any atom is -0.311 e. The van der Waals surface area contributed by atoms with E-state index in [1.54, 1.807) is 0 Å². The molecule has 0 saturated carbocycles. The Kier molecular flexibility index (Phi) is 3.83. The van der Waals surface area contributed by atoms with Crippen molar-refractivity contribution >= 4 is 5.78 Å². The molecule has 3 rings (SSSR count). The van der Waals surface area contributed by atoms with Gasteiger partial charge in [0.05, 0.1) is 0 Å². The highest BCUT2D eigenvalue weighted by Crippen LogP contribution is 2.33. The van der Waals surface area contributed by atoms with Crippen molar-refractivity contribution < 1.29 is 13.6 Å². The van der Waals surface area contributed by atoms with Crippen LogP contribution in [-0.4, -0.2) is 17.9 Å². The Bertz CT molecular complexity index is 505. The molecule has 20 heavy (non-hydrogen) atoms. The summed E-state index contributed by atoms with van der Waals surface area (Å²) in [5.41, 5.74) is 0.173. The molecule has 2 unspecified atom stereocenters. The normalized spacial score (nSPS) is 28.6. The number of piperidine rings is 1. The van der Waals surface area contributed by atoms with Gasteiger partial charge in [0.2, 0.25) is 0 Å². The van der Waals surface area contributed by atoms with Crippen molar-refractivity contribution in [3.63, 3.8) is 0 Å². The molecular weight excluding hydrogens is 260 g/mol. The lowest BCUT2D eigenvalue weighted by molar-refractivity contribution is -0.119. The van der Waals surface area contributed by atoms with Crippen LogP contribution in [0.4, 0.5) is 8.78 Å². The third-order valence-corrected chi connectivity index (χ3v) is 4.51. The summed E-state index contributed by atoms with van der Waals surface area (Å²) in [4.78, 5) is 12.1. The van der Waals surface area contributed by atoms with E-state index in [4.69, 9.17) is 0 Å². The third-order valence-electron chi connectivity index (χ3n) is 4.51. The lowest BCUT2D eigenvalue weighted by Crippen LogP contribution is -2.38. The Labute approximate surface area is 117 Å². The molecular formula is C16H19F2NO. The zero-order valence-corrected chi connectivity index (χ0v) is 11.4. The van der Waals surface area contributed by atoms with Crippen molar-refractivity contribution in [2.45, 2.75) is 50.6 Å². The first-order valence-electron chi connectivity index (χ1n) is 7.32. The molecule has 0 amide bonds. The number of hydrogen-bond donors (Lipinski definition) is 1. The van der Waals surface area contributed by atoms with Gasteiger partial charge in [-0.15, -0.1) is 0 Å². The molecule has 0 spiro atoms. The molecule has 1 N–H and O–H groups in total. The lowest BCUT2D eigenvalue weighted by Gasteiger charge is -2.28. The van der Waals surface area contributed by atoms with Gasteiger partial charge in [0.25, 0.3) is 0 Å². The predicted molar refractivity (Wildman–Crippen MR) is 72.4 cm³/mol. The standard InChI is InChI=1S/C16H19F2NO/c17-15-3-1-2-11(16(15)18)9-14(20)8-10-6-12-4-5-13(7-10)19-12/h1-3,10,12-13,19H,4-9H2. The second-order valence-corrected chi connectivity index (χ2v) is 6.11. The number of hydrogen-bond acceptors (Lipinski definition) is 2. The van der Waals surface area contributed by atoms with Crippen molar-refractivity contribution in [1.82, 2.24) is 5.32 Å². The highest BCUT2D eigenvalue weighted by Gasteiger charge is 2.34. The van der Waals surface area contributed by atoms with Crippen molar-refractivity contribution in [2.24, 2.45) is 5.92 Å². The summed E-state index contributed by atoms with van der Waals surface area (Å²) in [6.45, 7) is 0. The Morgan fingerprint density at radius 1 is 1.20 bits per heavy atom. The van der Waals surface area contributed by atoms with Crippen LogP contribution in [0.1, 0.15) is 37.7 Å².